The minimum Gasteiger partial charge on any atom is -0.494 e. The number of nitrogens with two attached hydrogens (primary N) is 1. The molecule has 0 aliphatic carbocycles. The second-order valence-electron chi connectivity index (χ2n) is 3.10. The van der Waals surface area contributed by atoms with Crippen molar-refractivity contribution >= 4 is 15.9 Å². The predicted octanol–water partition coefficient (Wildman–Crippen LogP) is 1.98. The molecule has 3 N–H and O–H groups in total. The van der Waals surface area contributed by atoms with Crippen molar-refractivity contribution < 1.29 is 14.2 Å². The average Bonchev–Trinajstić information content (AvgIpc) is 2.18. The van der Waals surface area contributed by atoms with Crippen LogP contribution in [0.5, 0.6) is 5.75 Å². The molecule has 0 radical (unpaired) electrons. The van der Waals surface area contributed by atoms with E-state index in [1.807, 2.05) is 0 Å². The molecule has 1 aromatic carbocycles. The smallest absolute Gasteiger partial charge is 0.170 e. The van der Waals surface area contributed by atoms with Crippen LogP contribution in [0, 0.1) is 5.82 Å². The van der Waals surface area contributed by atoms with Gasteiger partial charge < -0.3 is 15.6 Å². The molecule has 0 aromatic heterocycles. The summed E-state index contributed by atoms with van der Waals surface area (Å²) in [7, 11) is 1.40. The van der Waals surface area contributed by atoms with Crippen LogP contribution in [0.4, 0.5) is 4.39 Å². The van der Waals surface area contributed by atoms with Crippen LogP contribution >= 0.6 is 15.9 Å². The molecule has 0 spiro atoms. The van der Waals surface area contributed by atoms with E-state index in [4.69, 9.17) is 15.6 Å². The Hall–Kier alpha value is -0.650. The fraction of sp³-hybridized carbons (Fsp3) is 0.400. The molecule has 0 aliphatic rings. The molecule has 1 atom stereocenters. The highest BCUT2D eigenvalue weighted by Gasteiger charge is 2.18. The van der Waals surface area contributed by atoms with E-state index in [1.54, 1.807) is 6.07 Å². The van der Waals surface area contributed by atoms with E-state index in [-0.39, 0.29) is 12.4 Å². The van der Waals surface area contributed by atoms with E-state index in [0.29, 0.717) is 16.5 Å². The Balaban J connectivity index is 3.14. The van der Waals surface area contributed by atoms with Gasteiger partial charge in [0.05, 0.1) is 7.11 Å². The Morgan fingerprint density at radius 2 is 2.27 bits per heavy atom. The minimum atomic E-state index is -0.542. The zero-order valence-electron chi connectivity index (χ0n) is 8.34. The van der Waals surface area contributed by atoms with Gasteiger partial charge in [-0.15, -0.1) is 0 Å². The topological polar surface area (TPSA) is 55.5 Å². The van der Waals surface area contributed by atoms with Gasteiger partial charge in [0.15, 0.2) is 11.6 Å². The number of aliphatic hydroxyl groups excluding tert-OH is 1. The molecule has 0 amide bonds. The lowest BCUT2D eigenvalue weighted by Gasteiger charge is -2.15. The number of ether oxygens (including phenoxy) is 1. The highest BCUT2D eigenvalue weighted by Crippen LogP contribution is 2.32. The molecule has 84 valence electrons. The van der Waals surface area contributed by atoms with Crippen LogP contribution in [-0.2, 0) is 0 Å². The third kappa shape index (κ3) is 2.68. The van der Waals surface area contributed by atoms with Gasteiger partial charge in [0.25, 0.3) is 0 Å². The molecule has 3 nitrogen and oxygen atoms in total. The number of aliphatic hydroxyl groups is 1. The molecule has 15 heavy (non-hydrogen) atoms. The molecule has 0 aliphatic heterocycles. The molecular formula is C10H13BrFNO2. The second kappa shape index (κ2) is 5.44. The average molecular weight is 278 g/mol. The van der Waals surface area contributed by atoms with Crippen LogP contribution in [-0.4, -0.2) is 18.8 Å². The van der Waals surface area contributed by atoms with E-state index >= 15 is 0 Å². The fourth-order valence-corrected chi connectivity index (χ4v) is 1.93. The Bertz CT molecular complexity index is 346. The summed E-state index contributed by atoms with van der Waals surface area (Å²) in [5.41, 5.74) is 6.08. The first-order valence-corrected chi connectivity index (χ1v) is 5.29. The van der Waals surface area contributed by atoms with Crippen LogP contribution in [0.3, 0.4) is 0 Å². The van der Waals surface area contributed by atoms with Crippen molar-refractivity contribution in [1.82, 2.24) is 0 Å². The van der Waals surface area contributed by atoms with Crippen molar-refractivity contribution in [2.75, 3.05) is 13.7 Å². The SMILES string of the molecule is COc1ccc(Br)c(C(N)CCO)c1F. The van der Waals surface area contributed by atoms with Gasteiger partial charge in [-0.05, 0) is 18.6 Å². The molecule has 0 bridgehead atoms. The highest BCUT2D eigenvalue weighted by molar-refractivity contribution is 9.10. The van der Waals surface area contributed by atoms with Gasteiger partial charge in [0.1, 0.15) is 0 Å². The number of methoxy groups -OCH3 is 1. The largest absolute Gasteiger partial charge is 0.494 e. The van der Waals surface area contributed by atoms with Gasteiger partial charge in [-0.3, -0.25) is 0 Å². The summed E-state index contributed by atoms with van der Waals surface area (Å²) in [6, 6.07) is 2.66. The molecule has 1 unspecified atom stereocenters. The van der Waals surface area contributed by atoms with Crippen LogP contribution in [0.2, 0.25) is 0 Å². The summed E-state index contributed by atoms with van der Waals surface area (Å²) in [4.78, 5) is 0. The Morgan fingerprint density at radius 3 is 2.80 bits per heavy atom. The van der Waals surface area contributed by atoms with Gasteiger partial charge in [0.2, 0.25) is 0 Å². The normalized spacial score (nSPS) is 12.6. The predicted molar refractivity (Wildman–Crippen MR) is 59.3 cm³/mol. The molecule has 5 heteroatoms. The van der Waals surface area contributed by atoms with E-state index in [0.717, 1.165) is 0 Å². The summed E-state index contributed by atoms with van der Waals surface area (Å²) in [5.74, 6) is -0.325. The third-order valence-corrected chi connectivity index (χ3v) is 2.81. The van der Waals surface area contributed by atoms with Crippen molar-refractivity contribution in [2.24, 2.45) is 5.73 Å². The number of benzene rings is 1. The zero-order chi connectivity index (χ0) is 11.4. The van der Waals surface area contributed by atoms with Crippen LogP contribution in [0.1, 0.15) is 18.0 Å². The van der Waals surface area contributed by atoms with E-state index in [1.165, 1.54) is 13.2 Å². The van der Waals surface area contributed by atoms with Crippen molar-refractivity contribution in [2.45, 2.75) is 12.5 Å². The number of halogens is 2. The summed E-state index contributed by atoms with van der Waals surface area (Å²) in [6.07, 6.45) is 0.308. The van der Waals surface area contributed by atoms with E-state index in [9.17, 15) is 4.39 Å². The maximum absolute atomic E-state index is 13.8. The van der Waals surface area contributed by atoms with E-state index < -0.39 is 11.9 Å². The molecule has 0 saturated carbocycles. The van der Waals surface area contributed by atoms with Gasteiger partial charge in [-0.25, -0.2) is 4.39 Å². The number of hydrogen-bond donors (Lipinski definition) is 2. The zero-order valence-corrected chi connectivity index (χ0v) is 9.92. The maximum atomic E-state index is 13.8. The molecule has 0 heterocycles. The van der Waals surface area contributed by atoms with Crippen LogP contribution < -0.4 is 10.5 Å². The summed E-state index contributed by atoms with van der Waals surface area (Å²) < 4.78 is 19.2. The Kier molecular flexibility index (Phi) is 4.50. The highest BCUT2D eigenvalue weighted by atomic mass is 79.9. The maximum Gasteiger partial charge on any atom is 0.170 e. The van der Waals surface area contributed by atoms with Gasteiger partial charge in [-0.2, -0.15) is 0 Å². The Morgan fingerprint density at radius 1 is 1.60 bits per heavy atom. The lowest BCUT2D eigenvalue weighted by atomic mass is 10.0. The number of hydrogen-bond acceptors (Lipinski definition) is 3. The minimum absolute atomic E-state index is 0.0791. The van der Waals surface area contributed by atoms with Crippen molar-refractivity contribution in [1.29, 1.82) is 0 Å². The fourth-order valence-electron chi connectivity index (χ4n) is 1.33. The van der Waals surface area contributed by atoms with Crippen molar-refractivity contribution in [3.63, 3.8) is 0 Å². The third-order valence-electron chi connectivity index (χ3n) is 2.12. The van der Waals surface area contributed by atoms with Crippen LogP contribution in [0.15, 0.2) is 16.6 Å². The first-order valence-electron chi connectivity index (χ1n) is 4.50. The lowest BCUT2D eigenvalue weighted by molar-refractivity contribution is 0.274. The molecule has 0 fully saturated rings. The van der Waals surface area contributed by atoms with Gasteiger partial charge in [0, 0.05) is 22.7 Å². The quantitative estimate of drug-likeness (QED) is 0.885. The van der Waals surface area contributed by atoms with Crippen molar-refractivity contribution in [3.05, 3.63) is 28.0 Å². The van der Waals surface area contributed by atoms with Gasteiger partial charge >= 0.3 is 0 Å². The first kappa shape index (κ1) is 12.4. The Labute approximate surface area is 96.2 Å². The second-order valence-corrected chi connectivity index (χ2v) is 3.95. The number of rotatable bonds is 4. The van der Waals surface area contributed by atoms with Crippen molar-refractivity contribution in [3.8, 4) is 5.75 Å². The molecule has 1 rings (SSSR count). The standard InChI is InChI=1S/C10H13BrFNO2/c1-15-8-3-2-6(11)9(10(8)12)7(13)4-5-14/h2-3,7,14H,4-5,13H2,1H3. The monoisotopic (exact) mass is 277 g/mol. The van der Waals surface area contributed by atoms with E-state index in [2.05, 4.69) is 15.9 Å². The lowest BCUT2D eigenvalue weighted by Crippen LogP contribution is -2.15. The van der Waals surface area contributed by atoms with Crippen LogP contribution in [0.25, 0.3) is 0 Å². The summed E-state index contributed by atoms with van der Waals surface area (Å²) >= 11 is 3.22. The molecule has 0 saturated heterocycles. The molecule has 1 aromatic rings. The first-order chi connectivity index (χ1) is 7.11. The summed E-state index contributed by atoms with van der Waals surface area (Å²) in [6.45, 7) is -0.0791. The summed E-state index contributed by atoms with van der Waals surface area (Å²) in [5, 5.41) is 8.76. The van der Waals surface area contributed by atoms with Gasteiger partial charge in [-0.1, -0.05) is 15.9 Å². The molecular weight excluding hydrogens is 265 g/mol.